The third-order valence-corrected chi connectivity index (χ3v) is 0.981. The number of nitrogens with two attached hydrogens (primary N) is 1. The molecule has 0 saturated heterocycles. The van der Waals surface area contributed by atoms with E-state index in [0.29, 0.717) is 5.03 Å². The van der Waals surface area contributed by atoms with Crippen LogP contribution in [0.3, 0.4) is 0 Å². The summed E-state index contributed by atoms with van der Waals surface area (Å²) in [6.45, 7) is 0. The molecule has 1 heterocycles. The van der Waals surface area contributed by atoms with Crippen molar-refractivity contribution in [2.24, 2.45) is 5.84 Å². The van der Waals surface area contributed by atoms with E-state index in [-0.39, 0.29) is 0 Å². The number of hydrogen-bond donors (Lipinski definition) is 2. The molecule has 0 spiro atoms. The Morgan fingerprint density at radius 2 is 2.50 bits per heavy atom. The molecule has 4 heteroatoms. The first-order valence-electron chi connectivity index (χ1n) is 2.13. The molecule has 0 atom stereocenters. The molecular weight excluding hydrogens is 126 g/mol. The highest BCUT2D eigenvalue weighted by Crippen LogP contribution is 2.03. The van der Waals surface area contributed by atoms with E-state index < -0.39 is 0 Å². The van der Waals surface area contributed by atoms with Crippen molar-refractivity contribution < 1.29 is 0 Å². The number of allylic oxidation sites excluding steroid dienone is 2. The molecule has 8 heavy (non-hydrogen) atoms. The Morgan fingerprint density at radius 3 is 2.88 bits per heavy atom. The molecule has 0 aliphatic carbocycles. The van der Waals surface area contributed by atoms with Crippen LogP contribution in [-0.4, -0.2) is 5.12 Å². The highest BCUT2D eigenvalue weighted by atomic mass is 35.5. The summed E-state index contributed by atoms with van der Waals surface area (Å²) in [6, 6.07) is 0. The molecule has 1 aliphatic rings. The molecule has 0 amide bonds. The van der Waals surface area contributed by atoms with Gasteiger partial charge in [-0.15, -0.1) is 0 Å². The summed E-state index contributed by atoms with van der Waals surface area (Å²) in [5, 5.41) is 1.96. The van der Waals surface area contributed by atoms with Crippen LogP contribution in [0.25, 0.3) is 0 Å². The van der Waals surface area contributed by atoms with Crippen molar-refractivity contribution in [3.63, 3.8) is 0 Å². The zero-order valence-corrected chi connectivity index (χ0v) is 4.89. The van der Waals surface area contributed by atoms with Gasteiger partial charge in [-0.1, -0.05) is 11.6 Å². The standard InChI is InChI=1S/C4H6ClN3/c5-4-1-2-8(6)7-3-4/h1-3,7H,6H2. The molecule has 0 saturated carbocycles. The van der Waals surface area contributed by atoms with Gasteiger partial charge in [0.05, 0.1) is 5.03 Å². The van der Waals surface area contributed by atoms with Crippen molar-refractivity contribution in [2.45, 2.75) is 0 Å². The number of hydrazine groups is 2. The first-order valence-corrected chi connectivity index (χ1v) is 2.51. The number of nitrogens with zero attached hydrogens (tertiary/aromatic N) is 1. The van der Waals surface area contributed by atoms with E-state index in [1.165, 1.54) is 5.12 Å². The number of rotatable bonds is 0. The summed E-state index contributed by atoms with van der Waals surface area (Å²) in [7, 11) is 0. The normalized spacial score (nSPS) is 17.8. The summed E-state index contributed by atoms with van der Waals surface area (Å²) in [6.07, 6.45) is 4.92. The third kappa shape index (κ3) is 1.15. The zero-order chi connectivity index (χ0) is 5.98. The highest BCUT2D eigenvalue weighted by Gasteiger charge is 1.93. The van der Waals surface area contributed by atoms with Gasteiger partial charge in [0.15, 0.2) is 0 Å². The fraction of sp³-hybridized carbons (Fsp3) is 0. The number of nitrogens with one attached hydrogen (secondary N) is 1. The molecule has 1 rings (SSSR count). The van der Waals surface area contributed by atoms with Crippen molar-refractivity contribution >= 4 is 11.6 Å². The van der Waals surface area contributed by atoms with Crippen molar-refractivity contribution in [2.75, 3.05) is 0 Å². The van der Waals surface area contributed by atoms with Gasteiger partial charge in [0.1, 0.15) is 0 Å². The molecule has 0 radical (unpaired) electrons. The average Bonchev–Trinajstić information content (AvgIpc) is 1.77. The van der Waals surface area contributed by atoms with Gasteiger partial charge in [0, 0.05) is 12.4 Å². The number of hydrogen-bond acceptors (Lipinski definition) is 3. The number of halogens is 1. The maximum Gasteiger partial charge on any atom is 0.0598 e. The van der Waals surface area contributed by atoms with Crippen molar-refractivity contribution in [3.05, 3.63) is 23.5 Å². The minimum Gasteiger partial charge on any atom is -0.291 e. The van der Waals surface area contributed by atoms with Gasteiger partial charge in [-0.25, -0.2) is 11.0 Å². The molecule has 44 valence electrons. The third-order valence-electron chi connectivity index (χ3n) is 0.746. The summed E-state index contributed by atoms with van der Waals surface area (Å²) in [4.78, 5) is 0. The van der Waals surface area contributed by atoms with Crippen molar-refractivity contribution in [1.29, 1.82) is 0 Å². The Morgan fingerprint density at radius 1 is 1.75 bits per heavy atom. The van der Waals surface area contributed by atoms with Crippen LogP contribution in [0.4, 0.5) is 0 Å². The van der Waals surface area contributed by atoms with Crippen LogP contribution in [0.5, 0.6) is 0 Å². The average molecular weight is 132 g/mol. The predicted molar refractivity (Wildman–Crippen MR) is 32.2 cm³/mol. The first-order chi connectivity index (χ1) is 3.79. The largest absolute Gasteiger partial charge is 0.291 e. The summed E-state index contributed by atoms with van der Waals surface area (Å²) in [5.74, 6) is 5.23. The van der Waals surface area contributed by atoms with Crippen LogP contribution >= 0.6 is 11.6 Å². The Balaban J connectivity index is 2.58. The summed E-state index contributed by atoms with van der Waals surface area (Å²) in [5.41, 5.74) is 2.66. The van der Waals surface area contributed by atoms with Gasteiger partial charge in [0.2, 0.25) is 0 Å². The molecule has 3 nitrogen and oxygen atoms in total. The molecule has 0 aromatic carbocycles. The van der Waals surface area contributed by atoms with Gasteiger partial charge in [-0.3, -0.25) is 5.43 Å². The van der Waals surface area contributed by atoms with Gasteiger partial charge < -0.3 is 0 Å². The summed E-state index contributed by atoms with van der Waals surface area (Å²) < 4.78 is 0. The van der Waals surface area contributed by atoms with Crippen LogP contribution in [0.1, 0.15) is 0 Å². The van der Waals surface area contributed by atoms with Gasteiger partial charge in [-0.05, 0) is 6.08 Å². The molecule has 1 aliphatic heterocycles. The molecule has 0 aromatic rings. The van der Waals surface area contributed by atoms with E-state index in [0.717, 1.165) is 0 Å². The second kappa shape index (κ2) is 2.07. The fourth-order valence-corrected chi connectivity index (χ4v) is 0.484. The predicted octanol–water partition coefficient (Wildman–Crippen LogP) is 0.274. The van der Waals surface area contributed by atoms with E-state index in [2.05, 4.69) is 5.43 Å². The van der Waals surface area contributed by atoms with Crippen LogP contribution in [-0.2, 0) is 0 Å². The first kappa shape index (κ1) is 5.47. The molecule has 3 N–H and O–H groups in total. The van der Waals surface area contributed by atoms with Crippen LogP contribution < -0.4 is 11.3 Å². The second-order valence-electron chi connectivity index (χ2n) is 1.38. The van der Waals surface area contributed by atoms with Crippen LogP contribution in [0, 0.1) is 0 Å². The Kier molecular flexibility index (Phi) is 1.41. The van der Waals surface area contributed by atoms with E-state index in [9.17, 15) is 0 Å². The van der Waals surface area contributed by atoms with E-state index in [1.54, 1.807) is 18.5 Å². The molecular formula is C4H6ClN3. The Labute approximate surface area is 52.3 Å². The second-order valence-corrected chi connectivity index (χ2v) is 1.82. The van der Waals surface area contributed by atoms with Crippen LogP contribution in [0.15, 0.2) is 23.5 Å². The Hall–Kier alpha value is -0.670. The minimum atomic E-state index is 0.645. The topological polar surface area (TPSA) is 41.3 Å². The Bertz CT molecular complexity index is 140. The van der Waals surface area contributed by atoms with E-state index >= 15 is 0 Å². The maximum atomic E-state index is 5.51. The van der Waals surface area contributed by atoms with E-state index in [1.807, 2.05) is 0 Å². The minimum absolute atomic E-state index is 0.645. The fourth-order valence-electron chi connectivity index (χ4n) is 0.379. The van der Waals surface area contributed by atoms with Gasteiger partial charge in [0.25, 0.3) is 0 Å². The molecule has 0 unspecified atom stereocenters. The van der Waals surface area contributed by atoms with Crippen molar-refractivity contribution in [3.8, 4) is 0 Å². The summed E-state index contributed by atoms with van der Waals surface area (Å²) >= 11 is 5.51. The molecule has 0 fully saturated rings. The van der Waals surface area contributed by atoms with Crippen LogP contribution in [0.2, 0.25) is 0 Å². The highest BCUT2D eigenvalue weighted by molar-refractivity contribution is 6.31. The molecule has 0 bridgehead atoms. The quantitative estimate of drug-likeness (QED) is 0.464. The smallest absolute Gasteiger partial charge is 0.0598 e. The lowest BCUT2D eigenvalue weighted by atomic mass is 10.5. The maximum absolute atomic E-state index is 5.51. The van der Waals surface area contributed by atoms with Gasteiger partial charge >= 0.3 is 0 Å². The van der Waals surface area contributed by atoms with E-state index in [4.69, 9.17) is 17.4 Å². The SMILES string of the molecule is NN1C=CC(Cl)=CN1. The van der Waals surface area contributed by atoms with Gasteiger partial charge in [-0.2, -0.15) is 0 Å². The molecule has 0 aromatic heterocycles. The lowest BCUT2D eigenvalue weighted by Gasteiger charge is -2.15. The zero-order valence-electron chi connectivity index (χ0n) is 4.13. The lowest BCUT2D eigenvalue weighted by molar-refractivity contribution is 0.324. The lowest BCUT2D eigenvalue weighted by Crippen LogP contribution is -2.36. The van der Waals surface area contributed by atoms with Crippen molar-refractivity contribution in [1.82, 2.24) is 10.5 Å². The monoisotopic (exact) mass is 131 g/mol.